The van der Waals surface area contributed by atoms with E-state index in [-0.39, 0.29) is 11.9 Å². The lowest BCUT2D eigenvalue weighted by molar-refractivity contribution is -0.121. The first-order chi connectivity index (χ1) is 12.6. The van der Waals surface area contributed by atoms with Crippen LogP contribution in [0.3, 0.4) is 0 Å². The molecule has 0 unspecified atom stereocenters. The van der Waals surface area contributed by atoms with Crippen LogP contribution in [0.15, 0.2) is 16.8 Å². The number of carbonyl (C=O) groups excluding carboxylic acids is 1. The fraction of sp³-hybridized carbons (Fsp3) is 0.632. The van der Waals surface area contributed by atoms with E-state index in [0.717, 1.165) is 37.5 Å². The van der Waals surface area contributed by atoms with Gasteiger partial charge in [0, 0.05) is 44.4 Å². The first-order valence-electron chi connectivity index (χ1n) is 9.53. The van der Waals surface area contributed by atoms with Gasteiger partial charge in [-0.1, -0.05) is 5.16 Å². The summed E-state index contributed by atoms with van der Waals surface area (Å²) >= 11 is 0. The van der Waals surface area contributed by atoms with Crippen molar-refractivity contribution in [1.29, 1.82) is 0 Å². The molecule has 0 bridgehead atoms. The van der Waals surface area contributed by atoms with E-state index in [2.05, 4.69) is 31.2 Å². The molecular weight excluding hydrogens is 330 g/mol. The number of aromatic nitrogens is 3. The maximum absolute atomic E-state index is 11.9. The largest absolute Gasteiger partial charge is 0.361 e. The van der Waals surface area contributed by atoms with Crippen LogP contribution >= 0.6 is 0 Å². The summed E-state index contributed by atoms with van der Waals surface area (Å²) < 4.78 is 7.43. The molecule has 2 aromatic rings. The van der Waals surface area contributed by atoms with Gasteiger partial charge in [0.25, 0.3) is 0 Å². The molecule has 7 heteroatoms. The van der Waals surface area contributed by atoms with Gasteiger partial charge >= 0.3 is 0 Å². The van der Waals surface area contributed by atoms with Gasteiger partial charge in [-0.15, -0.1) is 0 Å². The second kappa shape index (κ2) is 7.23. The number of amides is 1. The minimum Gasteiger partial charge on any atom is -0.361 e. The third-order valence-electron chi connectivity index (χ3n) is 5.49. The third kappa shape index (κ3) is 3.82. The molecule has 1 aliphatic heterocycles. The molecule has 7 nitrogen and oxygen atoms in total. The molecule has 26 heavy (non-hydrogen) atoms. The lowest BCUT2D eigenvalue weighted by Crippen LogP contribution is -2.39. The second-order valence-electron chi connectivity index (χ2n) is 7.68. The summed E-state index contributed by atoms with van der Waals surface area (Å²) in [5, 5.41) is 11.7. The molecule has 2 aromatic heterocycles. The van der Waals surface area contributed by atoms with E-state index in [1.807, 2.05) is 20.0 Å². The summed E-state index contributed by atoms with van der Waals surface area (Å²) in [6.07, 6.45) is 5.87. The number of rotatable bonds is 7. The van der Waals surface area contributed by atoms with Crippen LogP contribution in [0.5, 0.6) is 0 Å². The summed E-state index contributed by atoms with van der Waals surface area (Å²) in [6.45, 7) is 7.28. The minimum absolute atomic E-state index is 0.191. The summed E-state index contributed by atoms with van der Waals surface area (Å²) in [6, 6.07) is 2.36. The zero-order valence-corrected chi connectivity index (χ0v) is 15.6. The molecule has 140 valence electrons. The molecule has 0 spiro atoms. The summed E-state index contributed by atoms with van der Waals surface area (Å²) in [4.78, 5) is 14.3. The summed E-state index contributed by atoms with van der Waals surface area (Å²) in [7, 11) is 0. The first kappa shape index (κ1) is 17.3. The monoisotopic (exact) mass is 357 g/mol. The van der Waals surface area contributed by atoms with Gasteiger partial charge in [-0.25, -0.2) is 0 Å². The van der Waals surface area contributed by atoms with Crippen LogP contribution < -0.4 is 5.32 Å². The van der Waals surface area contributed by atoms with Gasteiger partial charge in [0.15, 0.2) is 0 Å². The van der Waals surface area contributed by atoms with Crippen molar-refractivity contribution in [1.82, 2.24) is 25.2 Å². The third-order valence-corrected chi connectivity index (χ3v) is 5.49. The van der Waals surface area contributed by atoms with E-state index >= 15 is 0 Å². The summed E-state index contributed by atoms with van der Waals surface area (Å²) in [5.41, 5.74) is 3.36. The Kier molecular flexibility index (Phi) is 4.80. The zero-order valence-electron chi connectivity index (χ0n) is 15.6. The molecular formula is C19H27N5O2. The highest BCUT2D eigenvalue weighted by molar-refractivity contribution is 5.76. The Morgan fingerprint density at radius 3 is 2.96 bits per heavy atom. The van der Waals surface area contributed by atoms with E-state index in [0.29, 0.717) is 18.9 Å². The predicted octanol–water partition coefficient (Wildman–Crippen LogP) is 2.35. The van der Waals surface area contributed by atoms with Crippen LogP contribution in [0.4, 0.5) is 0 Å². The highest BCUT2D eigenvalue weighted by Crippen LogP contribution is 2.32. The average molecular weight is 357 g/mol. The topological polar surface area (TPSA) is 76.2 Å². The van der Waals surface area contributed by atoms with Gasteiger partial charge in [-0.05, 0) is 45.1 Å². The van der Waals surface area contributed by atoms with Crippen LogP contribution in [0.1, 0.15) is 54.4 Å². The van der Waals surface area contributed by atoms with Gasteiger partial charge in [0.2, 0.25) is 5.91 Å². The van der Waals surface area contributed by atoms with Crippen LogP contribution in [0, 0.1) is 19.8 Å². The second-order valence-corrected chi connectivity index (χ2v) is 7.68. The average Bonchev–Trinajstić information content (AvgIpc) is 3.20. The van der Waals surface area contributed by atoms with E-state index in [4.69, 9.17) is 4.52 Å². The Bertz CT molecular complexity index is 757. The fourth-order valence-electron chi connectivity index (χ4n) is 3.78. The van der Waals surface area contributed by atoms with E-state index in [1.54, 1.807) is 0 Å². The van der Waals surface area contributed by atoms with Gasteiger partial charge in [-0.3, -0.25) is 14.4 Å². The minimum atomic E-state index is 0.191. The Morgan fingerprint density at radius 1 is 1.38 bits per heavy atom. The number of nitrogens with one attached hydrogen (secondary N) is 1. The normalized spacial score (nSPS) is 20.2. The maximum Gasteiger partial charge on any atom is 0.220 e. The van der Waals surface area contributed by atoms with Gasteiger partial charge < -0.3 is 9.84 Å². The number of hydrogen-bond donors (Lipinski definition) is 1. The van der Waals surface area contributed by atoms with Crippen molar-refractivity contribution in [3.05, 3.63) is 35.0 Å². The molecule has 1 atom stereocenters. The van der Waals surface area contributed by atoms with Crippen molar-refractivity contribution in [2.45, 2.75) is 58.7 Å². The van der Waals surface area contributed by atoms with Crippen LogP contribution in [-0.4, -0.2) is 38.8 Å². The molecule has 0 saturated heterocycles. The van der Waals surface area contributed by atoms with Gasteiger partial charge in [0.1, 0.15) is 5.76 Å². The Hall–Kier alpha value is -2.15. The molecule has 2 aliphatic rings. The molecule has 1 amide bonds. The fourth-order valence-corrected chi connectivity index (χ4v) is 3.78. The van der Waals surface area contributed by atoms with Gasteiger partial charge in [0.05, 0.1) is 17.4 Å². The summed E-state index contributed by atoms with van der Waals surface area (Å²) in [5.74, 6) is 1.72. The molecule has 1 saturated carbocycles. The standard InChI is InChI=1S/C19H27N5O2/c1-13-18(14(2)26-22-13)12-23-10-16(24-17(11-23)6-8-21-24)5-7-20-19(25)9-15-3-4-15/h6,8,15-16H,3-5,7,9-12H2,1-2H3,(H,20,25)/t16-/m1/s1. The zero-order chi connectivity index (χ0) is 18.1. The van der Waals surface area contributed by atoms with Crippen molar-refractivity contribution in [3.8, 4) is 0 Å². The maximum atomic E-state index is 11.9. The predicted molar refractivity (Wildman–Crippen MR) is 96.3 cm³/mol. The van der Waals surface area contributed by atoms with Gasteiger partial charge in [-0.2, -0.15) is 5.10 Å². The number of hydrogen-bond acceptors (Lipinski definition) is 5. The number of nitrogens with zero attached hydrogens (tertiary/aromatic N) is 4. The van der Waals surface area contributed by atoms with E-state index in [1.165, 1.54) is 24.1 Å². The van der Waals surface area contributed by atoms with Crippen molar-refractivity contribution in [2.75, 3.05) is 13.1 Å². The van der Waals surface area contributed by atoms with Crippen LogP contribution in [0.25, 0.3) is 0 Å². The highest BCUT2D eigenvalue weighted by Gasteiger charge is 2.27. The smallest absolute Gasteiger partial charge is 0.220 e. The van der Waals surface area contributed by atoms with Crippen LogP contribution in [0.2, 0.25) is 0 Å². The Morgan fingerprint density at radius 2 is 2.23 bits per heavy atom. The Labute approximate surface area is 153 Å². The van der Waals surface area contributed by atoms with Crippen molar-refractivity contribution in [3.63, 3.8) is 0 Å². The van der Waals surface area contributed by atoms with Crippen LogP contribution in [-0.2, 0) is 17.9 Å². The lowest BCUT2D eigenvalue weighted by atomic mass is 10.1. The Balaban J connectivity index is 1.37. The SMILES string of the molecule is Cc1noc(C)c1CN1Cc2ccnn2[C@H](CCNC(=O)CC2CC2)C1. The molecule has 3 heterocycles. The molecule has 1 fully saturated rings. The lowest BCUT2D eigenvalue weighted by Gasteiger charge is -2.34. The van der Waals surface area contributed by atoms with E-state index < -0.39 is 0 Å². The van der Waals surface area contributed by atoms with E-state index in [9.17, 15) is 4.79 Å². The molecule has 1 N–H and O–H groups in total. The van der Waals surface area contributed by atoms with Crippen molar-refractivity contribution < 1.29 is 9.32 Å². The van der Waals surface area contributed by atoms with Crippen molar-refractivity contribution in [2.24, 2.45) is 5.92 Å². The van der Waals surface area contributed by atoms with Crippen molar-refractivity contribution >= 4 is 5.91 Å². The first-order valence-corrected chi connectivity index (χ1v) is 9.53. The molecule has 0 radical (unpaired) electrons. The quantitative estimate of drug-likeness (QED) is 0.823. The molecule has 4 rings (SSSR count). The molecule has 1 aliphatic carbocycles. The highest BCUT2D eigenvalue weighted by atomic mass is 16.5. The number of aryl methyl sites for hydroxylation is 2. The number of carbonyl (C=O) groups is 1. The molecule has 0 aromatic carbocycles. The number of fused-ring (bicyclic) bond motifs is 1.